The number of carbonyl (C=O) groups is 1. The molecule has 1 aliphatic heterocycles. The lowest BCUT2D eigenvalue weighted by molar-refractivity contribution is -0.131. The molecule has 0 N–H and O–H groups in total. The zero-order valence-corrected chi connectivity index (χ0v) is 15.7. The van der Waals surface area contributed by atoms with Crippen LogP contribution in [0, 0.1) is 5.92 Å². The maximum absolute atomic E-state index is 12.8. The van der Waals surface area contributed by atoms with E-state index in [9.17, 15) is 4.79 Å². The standard InChI is InChI=1S/C23H25NO3/c1-26-20-7-8-22-21(15-20)19(16-27-22)14-23(25)24-11-9-18(10-12-24)13-17-5-3-2-4-6-17/h2-8,15-16,18H,9-14H2,1H3. The average Bonchev–Trinajstić information content (AvgIpc) is 3.11. The second kappa shape index (κ2) is 7.87. The summed E-state index contributed by atoms with van der Waals surface area (Å²) in [7, 11) is 1.64. The minimum absolute atomic E-state index is 0.179. The number of likely N-dealkylation sites (tertiary alicyclic amines) is 1. The number of hydrogen-bond acceptors (Lipinski definition) is 3. The maximum atomic E-state index is 12.8. The third-order valence-electron chi connectivity index (χ3n) is 5.54. The van der Waals surface area contributed by atoms with Gasteiger partial charge in [-0.1, -0.05) is 30.3 Å². The van der Waals surface area contributed by atoms with Crippen LogP contribution in [0.2, 0.25) is 0 Å². The summed E-state index contributed by atoms with van der Waals surface area (Å²) in [4.78, 5) is 14.8. The topological polar surface area (TPSA) is 42.7 Å². The number of rotatable bonds is 5. The highest BCUT2D eigenvalue weighted by Crippen LogP contribution is 2.27. The first-order chi connectivity index (χ1) is 13.2. The lowest BCUT2D eigenvalue weighted by Gasteiger charge is -2.32. The molecule has 1 aliphatic rings. The van der Waals surface area contributed by atoms with Crippen molar-refractivity contribution in [1.82, 2.24) is 4.90 Å². The largest absolute Gasteiger partial charge is 0.497 e. The quantitative estimate of drug-likeness (QED) is 0.672. The second-order valence-electron chi connectivity index (χ2n) is 7.31. The highest BCUT2D eigenvalue weighted by molar-refractivity contribution is 5.88. The Labute approximate surface area is 159 Å². The SMILES string of the molecule is COc1ccc2occ(CC(=O)N3CCC(Cc4ccccc4)CC3)c2c1. The molecule has 2 heterocycles. The van der Waals surface area contributed by atoms with E-state index in [2.05, 4.69) is 30.3 Å². The third-order valence-corrected chi connectivity index (χ3v) is 5.54. The van der Waals surface area contributed by atoms with Gasteiger partial charge in [0.25, 0.3) is 0 Å². The second-order valence-corrected chi connectivity index (χ2v) is 7.31. The molecule has 0 spiro atoms. The Balaban J connectivity index is 1.36. The number of methoxy groups -OCH3 is 1. The summed E-state index contributed by atoms with van der Waals surface area (Å²) in [5, 5.41) is 0.960. The Morgan fingerprint density at radius 1 is 1.15 bits per heavy atom. The number of furan rings is 1. The van der Waals surface area contributed by atoms with Gasteiger partial charge < -0.3 is 14.1 Å². The van der Waals surface area contributed by atoms with Gasteiger partial charge in [0.15, 0.2) is 0 Å². The minimum atomic E-state index is 0.179. The van der Waals surface area contributed by atoms with Crippen molar-refractivity contribution in [3.8, 4) is 5.75 Å². The van der Waals surface area contributed by atoms with E-state index >= 15 is 0 Å². The van der Waals surface area contributed by atoms with Gasteiger partial charge in [0, 0.05) is 24.0 Å². The maximum Gasteiger partial charge on any atom is 0.227 e. The number of carbonyl (C=O) groups excluding carboxylic acids is 1. The summed E-state index contributed by atoms with van der Waals surface area (Å²) >= 11 is 0. The number of piperidine rings is 1. The molecule has 0 bridgehead atoms. The molecule has 0 radical (unpaired) electrons. The zero-order valence-electron chi connectivity index (χ0n) is 15.7. The fourth-order valence-corrected chi connectivity index (χ4v) is 3.93. The minimum Gasteiger partial charge on any atom is -0.497 e. The molecular weight excluding hydrogens is 338 g/mol. The van der Waals surface area contributed by atoms with Gasteiger partial charge in [0.2, 0.25) is 5.91 Å². The van der Waals surface area contributed by atoms with Gasteiger partial charge in [-0.05, 0) is 48.9 Å². The number of benzene rings is 2. The van der Waals surface area contributed by atoms with Gasteiger partial charge in [-0.15, -0.1) is 0 Å². The number of hydrogen-bond donors (Lipinski definition) is 0. The van der Waals surface area contributed by atoms with Gasteiger partial charge >= 0.3 is 0 Å². The van der Waals surface area contributed by atoms with Gasteiger partial charge in [-0.25, -0.2) is 0 Å². The van der Waals surface area contributed by atoms with Crippen LogP contribution in [-0.2, 0) is 17.6 Å². The summed E-state index contributed by atoms with van der Waals surface area (Å²) in [5.74, 6) is 1.62. The first kappa shape index (κ1) is 17.7. The molecule has 1 fully saturated rings. The molecule has 0 saturated carbocycles. The van der Waals surface area contributed by atoms with Crippen LogP contribution in [0.25, 0.3) is 11.0 Å². The fourth-order valence-electron chi connectivity index (χ4n) is 3.93. The number of fused-ring (bicyclic) bond motifs is 1. The molecule has 0 atom stereocenters. The van der Waals surface area contributed by atoms with Gasteiger partial charge in [-0.2, -0.15) is 0 Å². The first-order valence-electron chi connectivity index (χ1n) is 9.59. The van der Waals surface area contributed by atoms with Crippen molar-refractivity contribution in [2.75, 3.05) is 20.2 Å². The summed E-state index contributed by atoms with van der Waals surface area (Å²) in [5.41, 5.74) is 3.11. The fraction of sp³-hybridized carbons (Fsp3) is 0.348. The van der Waals surface area contributed by atoms with E-state index in [4.69, 9.17) is 9.15 Å². The van der Waals surface area contributed by atoms with Gasteiger partial charge in [0.1, 0.15) is 11.3 Å². The Hall–Kier alpha value is -2.75. The van der Waals surface area contributed by atoms with Crippen molar-refractivity contribution < 1.29 is 13.9 Å². The van der Waals surface area contributed by atoms with E-state index in [0.717, 1.165) is 54.6 Å². The molecule has 27 heavy (non-hydrogen) atoms. The lowest BCUT2D eigenvalue weighted by Crippen LogP contribution is -2.39. The predicted molar refractivity (Wildman–Crippen MR) is 106 cm³/mol. The van der Waals surface area contributed by atoms with Gasteiger partial charge in [0.05, 0.1) is 19.8 Å². The summed E-state index contributed by atoms with van der Waals surface area (Å²) < 4.78 is 10.9. The molecule has 1 aromatic heterocycles. The van der Waals surface area contributed by atoms with Crippen molar-refractivity contribution in [1.29, 1.82) is 0 Å². The van der Waals surface area contributed by atoms with E-state index in [0.29, 0.717) is 12.3 Å². The summed E-state index contributed by atoms with van der Waals surface area (Å²) in [6, 6.07) is 16.3. The number of ether oxygens (including phenoxy) is 1. The molecule has 140 valence electrons. The van der Waals surface area contributed by atoms with Crippen LogP contribution in [0.1, 0.15) is 24.0 Å². The van der Waals surface area contributed by atoms with E-state index < -0.39 is 0 Å². The van der Waals surface area contributed by atoms with Crippen molar-refractivity contribution in [2.24, 2.45) is 5.92 Å². The molecule has 4 nitrogen and oxygen atoms in total. The Kier molecular flexibility index (Phi) is 5.14. The normalized spacial score (nSPS) is 15.2. The zero-order chi connectivity index (χ0) is 18.6. The summed E-state index contributed by atoms with van der Waals surface area (Å²) in [6.45, 7) is 1.69. The molecule has 2 aromatic carbocycles. The summed E-state index contributed by atoms with van der Waals surface area (Å²) in [6.07, 6.45) is 5.32. The van der Waals surface area contributed by atoms with Crippen molar-refractivity contribution >= 4 is 16.9 Å². The molecule has 1 amide bonds. The van der Waals surface area contributed by atoms with Crippen molar-refractivity contribution in [2.45, 2.75) is 25.7 Å². The molecule has 4 rings (SSSR count). The lowest BCUT2D eigenvalue weighted by atomic mass is 9.90. The van der Waals surface area contributed by atoms with Crippen LogP contribution in [0.3, 0.4) is 0 Å². The van der Waals surface area contributed by atoms with Crippen molar-refractivity contribution in [3.05, 3.63) is 65.9 Å². The molecule has 1 saturated heterocycles. The average molecular weight is 363 g/mol. The molecule has 0 aliphatic carbocycles. The Morgan fingerprint density at radius 3 is 2.67 bits per heavy atom. The van der Waals surface area contributed by atoms with E-state index in [1.165, 1.54) is 5.56 Å². The van der Waals surface area contributed by atoms with Crippen LogP contribution in [0.15, 0.2) is 59.2 Å². The monoisotopic (exact) mass is 363 g/mol. The highest BCUT2D eigenvalue weighted by Gasteiger charge is 2.24. The third kappa shape index (κ3) is 4.00. The number of amides is 1. The van der Waals surface area contributed by atoms with E-state index in [1.807, 2.05) is 23.1 Å². The predicted octanol–water partition coefficient (Wildman–Crippen LogP) is 4.47. The van der Waals surface area contributed by atoms with Crippen molar-refractivity contribution in [3.63, 3.8) is 0 Å². The van der Waals surface area contributed by atoms with Crippen LogP contribution < -0.4 is 4.74 Å². The Morgan fingerprint density at radius 2 is 1.93 bits per heavy atom. The smallest absolute Gasteiger partial charge is 0.227 e. The van der Waals surface area contributed by atoms with Gasteiger partial charge in [-0.3, -0.25) is 4.79 Å². The molecular formula is C23H25NO3. The Bertz CT molecular complexity index is 908. The molecule has 0 unspecified atom stereocenters. The molecule has 3 aromatic rings. The van der Waals surface area contributed by atoms with Crippen LogP contribution in [-0.4, -0.2) is 31.0 Å². The van der Waals surface area contributed by atoms with E-state index in [-0.39, 0.29) is 5.91 Å². The molecule has 4 heteroatoms. The first-order valence-corrected chi connectivity index (χ1v) is 9.59. The van der Waals surface area contributed by atoms with Crippen LogP contribution in [0.5, 0.6) is 5.75 Å². The van der Waals surface area contributed by atoms with Crippen LogP contribution in [0.4, 0.5) is 0 Å². The highest BCUT2D eigenvalue weighted by atomic mass is 16.5. The van der Waals surface area contributed by atoms with Crippen LogP contribution >= 0.6 is 0 Å². The number of nitrogens with zero attached hydrogens (tertiary/aromatic N) is 1. The van der Waals surface area contributed by atoms with E-state index in [1.54, 1.807) is 13.4 Å².